The van der Waals surface area contributed by atoms with Crippen molar-refractivity contribution in [3.8, 4) is 11.5 Å². The van der Waals surface area contributed by atoms with Crippen molar-refractivity contribution in [2.45, 2.75) is 6.67 Å². The summed E-state index contributed by atoms with van der Waals surface area (Å²) in [6, 6.07) is 4.10. The average molecular weight is 142 g/mol. The Morgan fingerprint density at radius 2 is 1.70 bits per heavy atom. The van der Waals surface area contributed by atoms with Gasteiger partial charge in [0.15, 0.2) is 0 Å². The SMILES string of the molecule is Oc1cccc(O)c1CF. The van der Waals surface area contributed by atoms with Crippen LogP contribution in [0, 0.1) is 0 Å². The van der Waals surface area contributed by atoms with Crippen molar-refractivity contribution < 1.29 is 14.6 Å². The summed E-state index contributed by atoms with van der Waals surface area (Å²) in [5, 5.41) is 17.8. The molecule has 1 rings (SSSR count). The number of hydrogen-bond acceptors (Lipinski definition) is 2. The molecule has 0 bridgehead atoms. The molecule has 0 amide bonds. The highest BCUT2D eigenvalue weighted by Crippen LogP contribution is 2.26. The molecule has 1 aromatic rings. The zero-order valence-corrected chi connectivity index (χ0v) is 5.21. The minimum absolute atomic E-state index is 0.0532. The minimum atomic E-state index is -0.849. The van der Waals surface area contributed by atoms with Crippen LogP contribution in [0.25, 0.3) is 0 Å². The first kappa shape index (κ1) is 6.86. The molecule has 0 aliphatic carbocycles. The maximum atomic E-state index is 11.9. The maximum Gasteiger partial charge on any atom is 0.125 e. The van der Waals surface area contributed by atoms with E-state index in [0.29, 0.717) is 0 Å². The van der Waals surface area contributed by atoms with E-state index in [9.17, 15) is 4.39 Å². The van der Waals surface area contributed by atoms with Gasteiger partial charge in [-0.05, 0) is 12.1 Å². The first-order valence-corrected chi connectivity index (χ1v) is 2.81. The van der Waals surface area contributed by atoms with Gasteiger partial charge in [0.25, 0.3) is 0 Å². The number of hydrogen-bond donors (Lipinski definition) is 2. The fraction of sp³-hybridized carbons (Fsp3) is 0.143. The molecule has 2 N–H and O–H groups in total. The van der Waals surface area contributed by atoms with E-state index >= 15 is 0 Å². The molecular formula is C7H7FO2. The second-order valence-electron chi connectivity index (χ2n) is 1.91. The fourth-order valence-electron chi connectivity index (χ4n) is 0.700. The fourth-order valence-corrected chi connectivity index (χ4v) is 0.700. The van der Waals surface area contributed by atoms with Crippen LogP contribution in [0.3, 0.4) is 0 Å². The van der Waals surface area contributed by atoms with Crippen molar-refractivity contribution in [1.29, 1.82) is 0 Å². The van der Waals surface area contributed by atoms with E-state index < -0.39 is 6.67 Å². The molecule has 0 heterocycles. The third-order valence-electron chi connectivity index (χ3n) is 1.26. The molecule has 1 aromatic carbocycles. The smallest absolute Gasteiger partial charge is 0.125 e. The Morgan fingerprint density at radius 1 is 1.20 bits per heavy atom. The van der Waals surface area contributed by atoms with E-state index in [1.165, 1.54) is 18.2 Å². The Morgan fingerprint density at radius 3 is 2.00 bits per heavy atom. The van der Waals surface area contributed by atoms with Gasteiger partial charge in [0.05, 0.1) is 5.56 Å². The lowest BCUT2D eigenvalue weighted by Crippen LogP contribution is -1.79. The summed E-state index contributed by atoms with van der Waals surface area (Å²) in [6.07, 6.45) is 0. The van der Waals surface area contributed by atoms with Gasteiger partial charge >= 0.3 is 0 Å². The first-order valence-electron chi connectivity index (χ1n) is 2.81. The lowest BCUT2D eigenvalue weighted by atomic mass is 10.2. The third kappa shape index (κ3) is 1.03. The Labute approximate surface area is 57.6 Å². The minimum Gasteiger partial charge on any atom is -0.507 e. The first-order chi connectivity index (χ1) is 4.75. The van der Waals surface area contributed by atoms with Gasteiger partial charge in [-0.3, -0.25) is 0 Å². The summed E-state index contributed by atoms with van der Waals surface area (Å²) in [5.74, 6) is -0.412. The Bertz CT molecular complexity index is 215. The van der Waals surface area contributed by atoms with Crippen LogP contribution in [-0.4, -0.2) is 10.2 Å². The van der Waals surface area contributed by atoms with Gasteiger partial charge in [0, 0.05) is 0 Å². The third-order valence-corrected chi connectivity index (χ3v) is 1.26. The lowest BCUT2D eigenvalue weighted by molar-refractivity contribution is 0.402. The zero-order valence-electron chi connectivity index (χ0n) is 5.21. The highest BCUT2D eigenvalue weighted by Gasteiger charge is 2.04. The van der Waals surface area contributed by atoms with E-state index in [-0.39, 0.29) is 17.1 Å². The van der Waals surface area contributed by atoms with Crippen LogP contribution in [0.15, 0.2) is 18.2 Å². The Hall–Kier alpha value is -1.25. The molecule has 0 fully saturated rings. The molecule has 0 aromatic heterocycles. The summed E-state index contributed by atoms with van der Waals surface area (Å²) in [5.41, 5.74) is -0.0532. The molecule has 0 atom stereocenters. The topological polar surface area (TPSA) is 40.5 Å². The van der Waals surface area contributed by atoms with E-state index in [1.807, 2.05) is 0 Å². The number of benzene rings is 1. The van der Waals surface area contributed by atoms with Gasteiger partial charge in [-0.25, -0.2) is 4.39 Å². The summed E-state index contributed by atoms with van der Waals surface area (Å²) in [4.78, 5) is 0. The zero-order chi connectivity index (χ0) is 7.56. The number of halogens is 1. The summed E-state index contributed by atoms with van der Waals surface area (Å²) < 4.78 is 11.9. The normalized spacial score (nSPS) is 9.70. The van der Waals surface area contributed by atoms with E-state index in [4.69, 9.17) is 10.2 Å². The van der Waals surface area contributed by atoms with Crippen LogP contribution in [-0.2, 0) is 6.67 Å². The summed E-state index contributed by atoms with van der Waals surface area (Å²) in [7, 11) is 0. The monoisotopic (exact) mass is 142 g/mol. The Balaban J connectivity index is 3.17. The van der Waals surface area contributed by atoms with Gasteiger partial charge in [-0.15, -0.1) is 0 Å². The van der Waals surface area contributed by atoms with Crippen LogP contribution in [0.2, 0.25) is 0 Å². The van der Waals surface area contributed by atoms with Gasteiger partial charge < -0.3 is 10.2 Å². The average Bonchev–Trinajstić information content (AvgIpc) is 1.88. The van der Waals surface area contributed by atoms with Gasteiger partial charge in [-0.1, -0.05) is 6.07 Å². The van der Waals surface area contributed by atoms with Gasteiger partial charge in [-0.2, -0.15) is 0 Å². The second kappa shape index (κ2) is 2.56. The number of aromatic hydroxyl groups is 2. The molecule has 0 aliphatic heterocycles. The van der Waals surface area contributed by atoms with E-state index in [2.05, 4.69) is 0 Å². The van der Waals surface area contributed by atoms with Crippen LogP contribution >= 0.6 is 0 Å². The predicted octanol–water partition coefficient (Wildman–Crippen LogP) is 1.57. The van der Waals surface area contributed by atoms with Crippen LogP contribution in [0.1, 0.15) is 5.56 Å². The molecule has 0 spiro atoms. The van der Waals surface area contributed by atoms with Crippen LogP contribution in [0.4, 0.5) is 4.39 Å². The molecule has 0 saturated carbocycles. The van der Waals surface area contributed by atoms with Crippen molar-refractivity contribution in [3.05, 3.63) is 23.8 Å². The molecule has 10 heavy (non-hydrogen) atoms. The molecule has 0 unspecified atom stereocenters. The molecule has 2 nitrogen and oxygen atoms in total. The quantitative estimate of drug-likeness (QED) is 0.624. The number of rotatable bonds is 1. The second-order valence-corrected chi connectivity index (χ2v) is 1.91. The molecule has 54 valence electrons. The van der Waals surface area contributed by atoms with Crippen molar-refractivity contribution in [1.82, 2.24) is 0 Å². The van der Waals surface area contributed by atoms with Gasteiger partial charge in [0.2, 0.25) is 0 Å². The van der Waals surface area contributed by atoms with E-state index in [1.54, 1.807) is 0 Å². The molecule has 0 aliphatic rings. The van der Waals surface area contributed by atoms with Crippen molar-refractivity contribution in [3.63, 3.8) is 0 Å². The number of phenolic OH excluding ortho intramolecular Hbond substituents is 2. The summed E-state index contributed by atoms with van der Waals surface area (Å²) in [6.45, 7) is -0.849. The number of phenols is 2. The van der Waals surface area contributed by atoms with Crippen molar-refractivity contribution in [2.75, 3.05) is 0 Å². The lowest BCUT2D eigenvalue weighted by Gasteiger charge is -2.00. The molecule has 3 heteroatoms. The highest BCUT2D eigenvalue weighted by molar-refractivity contribution is 5.42. The van der Waals surface area contributed by atoms with Crippen molar-refractivity contribution >= 4 is 0 Å². The van der Waals surface area contributed by atoms with Gasteiger partial charge in [0.1, 0.15) is 18.2 Å². The molecule has 0 saturated heterocycles. The van der Waals surface area contributed by atoms with Crippen molar-refractivity contribution in [2.24, 2.45) is 0 Å². The van der Waals surface area contributed by atoms with Crippen LogP contribution < -0.4 is 0 Å². The molecule has 0 radical (unpaired) electrons. The predicted molar refractivity (Wildman–Crippen MR) is 34.6 cm³/mol. The maximum absolute atomic E-state index is 11.9. The molecular weight excluding hydrogens is 135 g/mol. The standard InChI is InChI=1S/C7H7FO2/c8-4-5-6(9)2-1-3-7(5)10/h1-3,9-10H,4H2. The number of alkyl halides is 1. The largest absolute Gasteiger partial charge is 0.507 e. The summed E-state index contributed by atoms with van der Waals surface area (Å²) >= 11 is 0. The van der Waals surface area contributed by atoms with E-state index in [0.717, 1.165) is 0 Å². The highest BCUT2D eigenvalue weighted by atomic mass is 19.1. The van der Waals surface area contributed by atoms with Crippen LogP contribution in [0.5, 0.6) is 11.5 Å². The Kier molecular flexibility index (Phi) is 1.76.